The Morgan fingerprint density at radius 2 is 1.96 bits per heavy atom. The largest absolute Gasteiger partial charge is 0.359 e. The number of benzene rings is 1. The first-order valence-corrected chi connectivity index (χ1v) is 9.16. The molecule has 0 unspecified atom stereocenters. The van der Waals surface area contributed by atoms with Gasteiger partial charge in [0.15, 0.2) is 5.76 Å². The van der Waals surface area contributed by atoms with Gasteiger partial charge in [0, 0.05) is 24.4 Å². The van der Waals surface area contributed by atoms with E-state index in [-0.39, 0.29) is 11.9 Å². The first-order valence-electron chi connectivity index (χ1n) is 9.16. The number of likely N-dealkylation sites (tertiary alicyclic amines) is 1. The molecule has 0 amide bonds. The summed E-state index contributed by atoms with van der Waals surface area (Å²) in [5.74, 6) is 0.630. The van der Waals surface area contributed by atoms with E-state index in [1.54, 1.807) is 12.1 Å². The van der Waals surface area contributed by atoms with Gasteiger partial charge in [0.25, 0.3) is 0 Å². The zero-order chi connectivity index (χ0) is 17.8. The maximum atomic E-state index is 13.1. The molecule has 5 heteroatoms. The smallest absolute Gasteiger partial charge is 0.154 e. The van der Waals surface area contributed by atoms with E-state index < -0.39 is 0 Å². The Balaban J connectivity index is 1.58. The summed E-state index contributed by atoms with van der Waals surface area (Å²) >= 11 is 0. The molecule has 1 fully saturated rings. The molecule has 0 saturated carbocycles. The van der Waals surface area contributed by atoms with Crippen molar-refractivity contribution in [1.82, 2.24) is 15.0 Å². The second-order valence-electron chi connectivity index (χ2n) is 6.78. The Hall–Kier alpha value is -2.53. The van der Waals surface area contributed by atoms with Gasteiger partial charge in [-0.15, -0.1) is 0 Å². The lowest BCUT2D eigenvalue weighted by Crippen LogP contribution is -2.28. The van der Waals surface area contributed by atoms with Crippen LogP contribution >= 0.6 is 0 Å². The third kappa shape index (κ3) is 3.83. The zero-order valence-electron chi connectivity index (χ0n) is 14.6. The monoisotopic (exact) mass is 351 g/mol. The molecule has 0 N–H and O–H groups in total. The Labute approximate surface area is 152 Å². The molecule has 0 aliphatic carbocycles. The fourth-order valence-corrected chi connectivity index (χ4v) is 3.58. The van der Waals surface area contributed by atoms with E-state index >= 15 is 0 Å². The highest BCUT2D eigenvalue weighted by Crippen LogP contribution is 2.33. The summed E-state index contributed by atoms with van der Waals surface area (Å²) in [6.45, 7) is 1.83. The van der Waals surface area contributed by atoms with Gasteiger partial charge in [0.2, 0.25) is 0 Å². The predicted octanol–water partition coefficient (Wildman–Crippen LogP) is 4.99. The molecule has 1 aliphatic heterocycles. The van der Waals surface area contributed by atoms with Crippen molar-refractivity contribution in [3.63, 3.8) is 0 Å². The van der Waals surface area contributed by atoms with Gasteiger partial charge in [-0.1, -0.05) is 24.1 Å². The van der Waals surface area contributed by atoms with Gasteiger partial charge in [-0.25, -0.2) is 4.39 Å². The Morgan fingerprint density at radius 3 is 2.77 bits per heavy atom. The highest BCUT2D eigenvalue weighted by atomic mass is 19.1. The second-order valence-corrected chi connectivity index (χ2v) is 6.78. The minimum absolute atomic E-state index is 0.196. The Morgan fingerprint density at radius 1 is 1.08 bits per heavy atom. The van der Waals surface area contributed by atoms with Crippen LogP contribution in [-0.4, -0.2) is 21.6 Å². The maximum absolute atomic E-state index is 13.1. The van der Waals surface area contributed by atoms with Crippen molar-refractivity contribution in [3.05, 3.63) is 72.0 Å². The number of hydrogen-bond donors (Lipinski definition) is 0. The van der Waals surface area contributed by atoms with Crippen molar-refractivity contribution >= 4 is 0 Å². The minimum atomic E-state index is -0.247. The third-order valence-corrected chi connectivity index (χ3v) is 4.95. The van der Waals surface area contributed by atoms with Gasteiger partial charge in [-0.3, -0.25) is 9.88 Å². The van der Waals surface area contributed by atoms with E-state index in [1.807, 2.05) is 24.4 Å². The van der Waals surface area contributed by atoms with Crippen LogP contribution in [0.1, 0.15) is 43.2 Å². The van der Waals surface area contributed by atoms with Crippen LogP contribution < -0.4 is 0 Å². The van der Waals surface area contributed by atoms with Gasteiger partial charge in [-0.05, 0) is 55.8 Å². The van der Waals surface area contributed by atoms with Crippen molar-refractivity contribution < 1.29 is 8.91 Å². The molecule has 26 heavy (non-hydrogen) atoms. The van der Waals surface area contributed by atoms with Crippen LogP contribution in [0.3, 0.4) is 0 Å². The molecule has 3 aromatic rings. The quantitative estimate of drug-likeness (QED) is 0.664. The molecule has 4 rings (SSSR count). The van der Waals surface area contributed by atoms with Crippen LogP contribution in [0.2, 0.25) is 0 Å². The van der Waals surface area contributed by atoms with Gasteiger partial charge in [-0.2, -0.15) is 0 Å². The Bertz CT molecular complexity index is 832. The summed E-state index contributed by atoms with van der Waals surface area (Å²) < 4.78 is 18.9. The minimum Gasteiger partial charge on any atom is -0.359 e. The molecule has 4 nitrogen and oxygen atoms in total. The number of aromatic nitrogens is 2. The lowest BCUT2D eigenvalue weighted by molar-refractivity contribution is 0.158. The van der Waals surface area contributed by atoms with Crippen molar-refractivity contribution in [2.24, 2.45) is 0 Å². The summed E-state index contributed by atoms with van der Waals surface area (Å²) in [6, 6.07) is 14.6. The molecular formula is C21H22FN3O. The number of rotatable bonds is 4. The van der Waals surface area contributed by atoms with E-state index in [4.69, 9.17) is 4.52 Å². The van der Waals surface area contributed by atoms with Crippen LogP contribution in [0.4, 0.5) is 4.39 Å². The molecule has 134 valence electrons. The molecule has 2 aromatic heterocycles. The average molecular weight is 351 g/mol. The third-order valence-electron chi connectivity index (χ3n) is 4.95. The van der Waals surface area contributed by atoms with Crippen LogP contribution in [-0.2, 0) is 6.54 Å². The first kappa shape index (κ1) is 16.9. The fraction of sp³-hybridized carbons (Fsp3) is 0.333. The van der Waals surface area contributed by atoms with E-state index in [1.165, 1.54) is 31.4 Å². The van der Waals surface area contributed by atoms with Gasteiger partial charge < -0.3 is 4.52 Å². The average Bonchev–Trinajstić information content (AvgIpc) is 3.04. The number of hydrogen-bond acceptors (Lipinski definition) is 4. The Kier molecular flexibility index (Phi) is 5.07. The molecule has 0 radical (unpaired) electrons. The van der Waals surface area contributed by atoms with Crippen molar-refractivity contribution in [3.8, 4) is 11.3 Å². The van der Waals surface area contributed by atoms with Crippen LogP contribution in [0.5, 0.6) is 0 Å². The number of pyridine rings is 1. The summed E-state index contributed by atoms with van der Waals surface area (Å²) in [5.41, 5.74) is 2.69. The zero-order valence-corrected chi connectivity index (χ0v) is 14.6. The number of nitrogens with zero attached hydrogens (tertiary/aromatic N) is 3. The second kappa shape index (κ2) is 7.79. The molecule has 0 spiro atoms. The van der Waals surface area contributed by atoms with Crippen molar-refractivity contribution in [2.75, 3.05) is 6.54 Å². The van der Waals surface area contributed by atoms with Crippen LogP contribution in [0.15, 0.2) is 59.3 Å². The maximum Gasteiger partial charge on any atom is 0.154 e. The van der Waals surface area contributed by atoms with Crippen LogP contribution in [0, 0.1) is 5.82 Å². The topological polar surface area (TPSA) is 42.2 Å². The van der Waals surface area contributed by atoms with Crippen molar-refractivity contribution in [1.29, 1.82) is 0 Å². The molecule has 1 saturated heterocycles. The van der Waals surface area contributed by atoms with E-state index in [0.717, 1.165) is 42.2 Å². The molecular weight excluding hydrogens is 329 g/mol. The summed E-state index contributed by atoms with van der Waals surface area (Å²) in [5, 5.41) is 4.22. The lowest BCUT2D eigenvalue weighted by atomic mass is 10.1. The van der Waals surface area contributed by atoms with Crippen molar-refractivity contribution in [2.45, 2.75) is 38.3 Å². The van der Waals surface area contributed by atoms with Crippen LogP contribution in [0.25, 0.3) is 11.3 Å². The summed E-state index contributed by atoms with van der Waals surface area (Å²) in [7, 11) is 0. The standard InChI is InChI=1S/C21H22FN3O/c22-17-10-8-16(9-11-17)19-14-21(26-24-19)20-7-2-1-5-13-25(20)15-18-6-3-4-12-23-18/h3-4,6,8-12,14,20H,1-2,5,7,13,15H2/t20-/m1/s1. The highest BCUT2D eigenvalue weighted by Gasteiger charge is 2.26. The lowest BCUT2D eigenvalue weighted by Gasteiger charge is -2.27. The molecule has 1 aromatic carbocycles. The molecule has 3 heterocycles. The molecule has 1 aliphatic rings. The SMILES string of the molecule is Fc1ccc(-c2cc([C@H]3CCCCCN3Cc3ccccn3)on2)cc1. The normalized spacial score (nSPS) is 18.6. The van der Waals surface area contributed by atoms with E-state index in [2.05, 4.69) is 21.1 Å². The van der Waals surface area contributed by atoms with E-state index in [0.29, 0.717) is 0 Å². The first-order chi connectivity index (χ1) is 12.8. The summed E-state index contributed by atoms with van der Waals surface area (Å²) in [4.78, 5) is 6.90. The number of halogens is 1. The van der Waals surface area contributed by atoms with Gasteiger partial charge >= 0.3 is 0 Å². The van der Waals surface area contributed by atoms with Gasteiger partial charge in [0.05, 0.1) is 11.7 Å². The highest BCUT2D eigenvalue weighted by molar-refractivity contribution is 5.58. The molecule has 1 atom stereocenters. The van der Waals surface area contributed by atoms with E-state index in [9.17, 15) is 4.39 Å². The summed E-state index contributed by atoms with van der Waals surface area (Å²) in [6.07, 6.45) is 6.47. The predicted molar refractivity (Wildman–Crippen MR) is 97.8 cm³/mol. The fourth-order valence-electron chi connectivity index (χ4n) is 3.58. The van der Waals surface area contributed by atoms with Gasteiger partial charge in [0.1, 0.15) is 11.5 Å². The molecule has 0 bridgehead atoms.